The quantitative estimate of drug-likeness (QED) is 0.850. The Hall–Kier alpha value is -2.82. The SMILES string of the molecule is Cc1ccc(OCC(=O)NNC(=O)c2ccccc2C)cc1. The summed E-state index contributed by atoms with van der Waals surface area (Å²) in [5, 5.41) is 0. The molecular weight excluding hydrogens is 280 g/mol. The van der Waals surface area contributed by atoms with Crippen LogP contribution in [0.5, 0.6) is 5.75 Å². The van der Waals surface area contributed by atoms with Crippen LogP contribution in [0, 0.1) is 13.8 Å². The Labute approximate surface area is 129 Å². The Kier molecular flexibility index (Phi) is 5.14. The molecule has 0 saturated carbocycles. The van der Waals surface area contributed by atoms with E-state index in [0.29, 0.717) is 11.3 Å². The molecule has 0 aromatic heterocycles. The second kappa shape index (κ2) is 7.26. The Balaban J connectivity index is 1.79. The van der Waals surface area contributed by atoms with Crippen molar-refractivity contribution in [2.45, 2.75) is 13.8 Å². The molecule has 2 amide bonds. The van der Waals surface area contributed by atoms with Crippen LogP contribution in [0.4, 0.5) is 0 Å². The largest absolute Gasteiger partial charge is 0.484 e. The fourth-order valence-corrected chi connectivity index (χ4v) is 1.84. The maximum absolute atomic E-state index is 11.9. The maximum atomic E-state index is 11.9. The fraction of sp³-hybridized carbons (Fsp3) is 0.176. The van der Waals surface area contributed by atoms with Crippen molar-refractivity contribution in [3.05, 3.63) is 65.2 Å². The van der Waals surface area contributed by atoms with Gasteiger partial charge in [-0.1, -0.05) is 35.9 Å². The smallest absolute Gasteiger partial charge is 0.276 e. The maximum Gasteiger partial charge on any atom is 0.276 e. The van der Waals surface area contributed by atoms with E-state index in [1.165, 1.54) is 0 Å². The van der Waals surface area contributed by atoms with Crippen LogP contribution in [0.1, 0.15) is 21.5 Å². The van der Waals surface area contributed by atoms with E-state index in [0.717, 1.165) is 11.1 Å². The number of hydrazine groups is 1. The van der Waals surface area contributed by atoms with Crippen LogP contribution in [0.2, 0.25) is 0 Å². The molecule has 2 aromatic carbocycles. The molecule has 0 spiro atoms. The van der Waals surface area contributed by atoms with Gasteiger partial charge >= 0.3 is 0 Å². The van der Waals surface area contributed by atoms with Crippen LogP contribution in [-0.4, -0.2) is 18.4 Å². The number of carbonyl (C=O) groups is 2. The van der Waals surface area contributed by atoms with Gasteiger partial charge in [0.15, 0.2) is 6.61 Å². The van der Waals surface area contributed by atoms with E-state index in [2.05, 4.69) is 10.9 Å². The summed E-state index contributed by atoms with van der Waals surface area (Å²) in [7, 11) is 0. The number of ether oxygens (including phenoxy) is 1. The normalized spacial score (nSPS) is 9.91. The molecular formula is C17H18N2O3. The minimum atomic E-state index is -0.428. The predicted octanol–water partition coefficient (Wildman–Crippen LogP) is 2.14. The van der Waals surface area contributed by atoms with Crippen molar-refractivity contribution in [3.8, 4) is 5.75 Å². The Morgan fingerprint density at radius 3 is 2.32 bits per heavy atom. The number of hydrogen-bond donors (Lipinski definition) is 2. The third-order valence-corrected chi connectivity index (χ3v) is 3.10. The zero-order chi connectivity index (χ0) is 15.9. The van der Waals surface area contributed by atoms with Crippen LogP contribution in [0.3, 0.4) is 0 Å². The first-order chi connectivity index (χ1) is 10.6. The summed E-state index contributed by atoms with van der Waals surface area (Å²) in [4.78, 5) is 23.6. The van der Waals surface area contributed by atoms with Gasteiger partial charge in [0, 0.05) is 5.56 Å². The van der Waals surface area contributed by atoms with E-state index < -0.39 is 5.91 Å². The number of benzene rings is 2. The number of amides is 2. The molecule has 22 heavy (non-hydrogen) atoms. The third-order valence-electron chi connectivity index (χ3n) is 3.10. The summed E-state index contributed by atoms with van der Waals surface area (Å²) in [5.74, 6) is -0.185. The number of hydrogen-bond acceptors (Lipinski definition) is 3. The first-order valence-electron chi connectivity index (χ1n) is 6.90. The lowest BCUT2D eigenvalue weighted by Gasteiger charge is -2.10. The molecule has 114 valence electrons. The molecule has 0 unspecified atom stereocenters. The summed E-state index contributed by atoms with van der Waals surface area (Å²) in [6, 6.07) is 14.5. The second-order valence-corrected chi connectivity index (χ2v) is 4.92. The van der Waals surface area contributed by atoms with E-state index in [-0.39, 0.29) is 12.5 Å². The first kappa shape index (κ1) is 15.6. The van der Waals surface area contributed by atoms with Crippen LogP contribution >= 0.6 is 0 Å². The predicted molar refractivity (Wildman–Crippen MR) is 83.5 cm³/mol. The summed E-state index contributed by atoms with van der Waals surface area (Å²) in [5.41, 5.74) is 7.16. The molecule has 0 radical (unpaired) electrons. The van der Waals surface area contributed by atoms with Crippen LogP contribution < -0.4 is 15.6 Å². The van der Waals surface area contributed by atoms with E-state index in [9.17, 15) is 9.59 Å². The molecule has 2 rings (SSSR count). The van der Waals surface area contributed by atoms with Crippen molar-refractivity contribution < 1.29 is 14.3 Å². The molecule has 0 aliphatic carbocycles. The second-order valence-electron chi connectivity index (χ2n) is 4.92. The highest BCUT2D eigenvalue weighted by atomic mass is 16.5. The van der Waals surface area contributed by atoms with Crippen molar-refractivity contribution in [3.63, 3.8) is 0 Å². The van der Waals surface area contributed by atoms with Gasteiger partial charge in [0.1, 0.15) is 5.75 Å². The monoisotopic (exact) mass is 298 g/mol. The molecule has 2 aromatic rings. The van der Waals surface area contributed by atoms with Gasteiger partial charge in [0.2, 0.25) is 0 Å². The van der Waals surface area contributed by atoms with Crippen molar-refractivity contribution in [1.82, 2.24) is 10.9 Å². The average Bonchev–Trinajstić information content (AvgIpc) is 2.52. The molecule has 5 nitrogen and oxygen atoms in total. The van der Waals surface area contributed by atoms with Gasteiger partial charge in [-0.25, -0.2) is 0 Å². The minimum absolute atomic E-state index is 0.170. The van der Waals surface area contributed by atoms with Crippen molar-refractivity contribution in [1.29, 1.82) is 0 Å². The van der Waals surface area contributed by atoms with Crippen LogP contribution in [0.15, 0.2) is 48.5 Å². The molecule has 2 N–H and O–H groups in total. The Bertz CT molecular complexity index is 666. The number of aryl methyl sites for hydroxylation is 2. The molecule has 5 heteroatoms. The summed E-state index contributed by atoms with van der Waals surface area (Å²) in [6.07, 6.45) is 0. The van der Waals surface area contributed by atoms with Crippen molar-refractivity contribution in [2.75, 3.05) is 6.61 Å². The highest BCUT2D eigenvalue weighted by molar-refractivity contribution is 5.96. The third kappa shape index (κ3) is 4.34. The molecule has 0 atom stereocenters. The Morgan fingerprint density at radius 1 is 0.955 bits per heavy atom. The van der Waals surface area contributed by atoms with Gasteiger partial charge in [-0.3, -0.25) is 20.4 Å². The average molecular weight is 298 g/mol. The highest BCUT2D eigenvalue weighted by Crippen LogP contribution is 2.10. The highest BCUT2D eigenvalue weighted by Gasteiger charge is 2.09. The lowest BCUT2D eigenvalue weighted by atomic mass is 10.1. The van der Waals surface area contributed by atoms with Gasteiger partial charge in [0.05, 0.1) is 0 Å². The lowest BCUT2D eigenvalue weighted by molar-refractivity contribution is -0.123. The standard InChI is InChI=1S/C17H18N2O3/c1-12-7-9-14(10-8-12)22-11-16(20)18-19-17(21)15-6-4-3-5-13(15)2/h3-10H,11H2,1-2H3,(H,18,20)(H,19,21). The summed E-state index contributed by atoms with van der Waals surface area (Å²) < 4.78 is 5.32. The van der Waals surface area contributed by atoms with Gasteiger partial charge in [-0.15, -0.1) is 0 Å². The van der Waals surface area contributed by atoms with E-state index >= 15 is 0 Å². The van der Waals surface area contributed by atoms with Crippen molar-refractivity contribution >= 4 is 11.8 Å². The van der Waals surface area contributed by atoms with Crippen molar-refractivity contribution in [2.24, 2.45) is 0 Å². The van der Waals surface area contributed by atoms with Crippen LogP contribution in [-0.2, 0) is 4.79 Å². The topological polar surface area (TPSA) is 67.4 Å². The minimum Gasteiger partial charge on any atom is -0.484 e. The summed E-state index contributed by atoms with van der Waals surface area (Å²) in [6.45, 7) is 3.63. The van der Waals surface area contributed by atoms with E-state index in [1.54, 1.807) is 24.3 Å². The number of rotatable bonds is 4. The zero-order valence-corrected chi connectivity index (χ0v) is 12.6. The van der Waals surface area contributed by atoms with E-state index in [1.807, 2.05) is 38.1 Å². The molecule has 0 fully saturated rings. The van der Waals surface area contributed by atoms with Gasteiger partial charge in [-0.2, -0.15) is 0 Å². The molecule has 0 aliphatic heterocycles. The Morgan fingerprint density at radius 2 is 1.64 bits per heavy atom. The van der Waals surface area contributed by atoms with Gasteiger partial charge in [-0.05, 0) is 37.6 Å². The first-order valence-corrected chi connectivity index (χ1v) is 6.90. The molecule has 0 heterocycles. The molecule has 0 saturated heterocycles. The number of carbonyl (C=O) groups excluding carboxylic acids is 2. The fourth-order valence-electron chi connectivity index (χ4n) is 1.84. The summed E-state index contributed by atoms with van der Waals surface area (Å²) >= 11 is 0. The number of nitrogens with one attached hydrogen (secondary N) is 2. The van der Waals surface area contributed by atoms with Gasteiger partial charge < -0.3 is 4.74 Å². The van der Waals surface area contributed by atoms with Gasteiger partial charge in [0.25, 0.3) is 11.8 Å². The lowest BCUT2D eigenvalue weighted by Crippen LogP contribution is -2.44. The molecule has 0 bridgehead atoms. The van der Waals surface area contributed by atoms with E-state index in [4.69, 9.17) is 4.74 Å². The zero-order valence-electron chi connectivity index (χ0n) is 12.6. The molecule has 0 aliphatic rings. The van der Waals surface area contributed by atoms with Crippen LogP contribution in [0.25, 0.3) is 0 Å².